The van der Waals surface area contributed by atoms with Crippen LogP contribution in [0.25, 0.3) is 0 Å². The van der Waals surface area contributed by atoms with E-state index in [1.54, 1.807) is 0 Å². The van der Waals surface area contributed by atoms with Crippen molar-refractivity contribution in [3.05, 3.63) is 11.6 Å². The number of hydrogen-bond acceptors (Lipinski definition) is 3. The molecule has 0 radical (unpaired) electrons. The molecule has 0 aromatic rings. The lowest BCUT2D eigenvalue weighted by molar-refractivity contribution is 0.581. The SMILES string of the molecule is CCNC(=NCCC1=CCCC1)NC(C)CCS(C)(=O)=O.I. The van der Waals surface area contributed by atoms with Crippen LogP contribution in [-0.4, -0.2) is 45.5 Å². The maximum absolute atomic E-state index is 11.2. The molecule has 1 aliphatic carbocycles. The fourth-order valence-corrected chi connectivity index (χ4v) is 3.07. The lowest BCUT2D eigenvalue weighted by Crippen LogP contribution is -2.42. The fourth-order valence-electron chi connectivity index (χ4n) is 2.29. The maximum atomic E-state index is 11.2. The van der Waals surface area contributed by atoms with Gasteiger partial charge in [-0.3, -0.25) is 4.99 Å². The molecule has 0 fully saturated rings. The van der Waals surface area contributed by atoms with Crippen molar-refractivity contribution < 1.29 is 8.42 Å². The van der Waals surface area contributed by atoms with E-state index in [1.165, 1.54) is 31.1 Å². The van der Waals surface area contributed by atoms with Crippen LogP contribution in [-0.2, 0) is 9.84 Å². The molecule has 1 rings (SSSR count). The van der Waals surface area contributed by atoms with Gasteiger partial charge in [-0.15, -0.1) is 24.0 Å². The number of allylic oxidation sites excluding steroid dienone is 1. The first kappa shape index (κ1) is 21.7. The number of hydrogen-bond donors (Lipinski definition) is 2. The second-order valence-corrected chi connectivity index (χ2v) is 7.99. The average Bonchev–Trinajstić information content (AvgIpc) is 2.89. The van der Waals surface area contributed by atoms with Crippen molar-refractivity contribution in [2.24, 2.45) is 4.99 Å². The number of guanidine groups is 1. The number of halogens is 1. The first-order valence-electron chi connectivity index (χ1n) is 7.81. The molecule has 0 saturated heterocycles. The molecule has 130 valence electrons. The van der Waals surface area contributed by atoms with Crippen molar-refractivity contribution in [3.8, 4) is 0 Å². The minimum Gasteiger partial charge on any atom is -0.357 e. The predicted octanol–water partition coefficient (Wildman–Crippen LogP) is 2.48. The molecular formula is C15H30IN3O2S. The van der Waals surface area contributed by atoms with Gasteiger partial charge >= 0.3 is 0 Å². The van der Waals surface area contributed by atoms with E-state index >= 15 is 0 Å². The van der Waals surface area contributed by atoms with Gasteiger partial charge in [0.05, 0.1) is 5.75 Å². The quantitative estimate of drug-likeness (QED) is 0.262. The number of sulfone groups is 1. The highest BCUT2D eigenvalue weighted by atomic mass is 127. The van der Waals surface area contributed by atoms with E-state index in [0.717, 1.165) is 25.5 Å². The summed E-state index contributed by atoms with van der Waals surface area (Å²) in [5.74, 6) is 0.977. The molecule has 0 saturated carbocycles. The molecule has 0 heterocycles. The Morgan fingerprint density at radius 2 is 2.18 bits per heavy atom. The molecule has 7 heteroatoms. The Hall–Kier alpha value is -0.310. The number of rotatable bonds is 8. The molecule has 1 atom stereocenters. The normalized spacial score (nSPS) is 16.7. The average molecular weight is 443 g/mol. The lowest BCUT2D eigenvalue weighted by Gasteiger charge is -2.17. The molecule has 2 N–H and O–H groups in total. The molecule has 0 amide bonds. The summed E-state index contributed by atoms with van der Waals surface area (Å²) < 4.78 is 22.4. The smallest absolute Gasteiger partial charge is 0.191 e. The zero-order valence-electron chi connectivity index (χ0n) is 13.9. The van der Waals surface area contributed by atoms with E-state index < -0.39 is 9.84 Å². The van der Waals surface area contributed by atoms with Gasteiger partial charge in [-0.1, -0.05) is 11.6 Å². The highest BCUT2D eigenvalue weighted by Gasteiger charge is 2.09. The van der Waals surface area contributed by atoms with Crippen LogP contribution in [0.1, 0.15) is 46.0 Å². The Morgan fingerprint density at radius 3 is 2.73 bits per heavy atom. The van der Waals surface area contributed by atoms with Gasteiger partial charge < -0.3 is 10.6 Å². The van der Waals surface area contributed by atoms with Gasteiger partial charge in [-0.05, 0) is 46.0 Å². The third-order valence-electron chi connectivity index (χ3n) is 3.49. The van der Waals surface area contributed by atoms with Crippen LogP contribution in [0.15, 0.2) is 16.6 Å². The first-order chi connectivity index (χ1) is 9.90. The topological polar surface area (TPSA) is 70.6 Å². The molecule has 22 heavy (non-hydrogen) atoms. The maximum Gasteiger partial charge on any atom is 0.191 e. The molecule has 0 bridgehead atoms. The van der Waals surface area contributed by atoms with Crippen molar-refractivity contribution in [2.75, 3.05) is 25.1 Å². The summed E-state index contributed by atoms with van der Waals surface area (Å²) in [7, 11) is -2.90. The minimum atomic E-state index is -2.90. The van der Waals surface area contributed by atoms with Crippen molar-refractivity contribution >= 4 is 39.8 Å². The van der Waals surface area contributed by atoms with Gasteiger partial charge in [0.2, 0.25) is 0 Å². The molecule has 1 aliphatic rings. The summed E-state index contributed by atoms with van der Waals surface area (Å²) >= 11 is 0. The van der Waals surface area contributed by atoms with E-state index in [0.29, 0.717) is 6.42 Å². The summed E-state index contributed by atoms with van der Waals surface area (Å²) in [5.41, 5.74) is 1.51. The summed E-state index contributed by atoms with van der Waals surface area (Å²) in [4.78, 5) is 4.57. The van der Waals surface area contributed by atoms with Gasteiger partial charge in [0.25, 0.3) is 0 Å². The standard InChI is InChI=1S/C15H29N3O2S.HI/c1-4-16-15(17-11-9-14-7-5-6-8-14)18-13(2)10-12-21(3,19)20;/h7,13H,4-6,8-12H2,1-3H3,(H2,16,17,18);1H. The third kappa shape index (κ3) is 10.4. The molecule has 0 spiro atoms. The van der Waals surface area contributed by atoms with Crippen molar-refractivity contribution in [2.45, 2.75) is 52.0 Å². The van der Waals surface area contributed by atoms with Crippen molar-refractivity contribution in [3.63, 3.8) is 0 Å². The second kappa shape index (κ2) is 11.3. The van der Waals surface area contributed by atoms with Gasteiger partial charge in [0, 0.05) is 25.4 Å². The highest BCUT2D eigenvalue weighted by Crippen LogP contribution is 2.20. The van der Waals surface area contributed by atoms with Crippen molar-refractivity contribution in [1.29, 1.82) is 0 Å². The Bertz CT molecular complexity index is 475. The van der Waals surface area contributed by atoms with E-state index in [9.17, 15) is 8.42 Å². The number of nitrogens with one attached hydrogen (secondary N) is 2. The van der Waals surface area contributed by atoms with E-state index in [2.05, 4.69) is 21.7 Å². The summed E-state index contributed by atoms with van der Waals surface area (Å²) in [6.45, 7) is 5.59. The fraction of sp³-hybridized carbons (Fsp3) is 0.800. The Labute approximate surface area is 152 Å². The highest BCUT2D eigenvalue weighted by molar-refractivity contribution is 14.0. The van der Waals surface area contributed by atoms with E-state index in [4.69, 9.17) is 0 Å². The first-order valence-corrected chi connectivity index (χ1v) is 9.87. The predicted molar refractivity (Wildman–Crippen MR) is 105 cm³/mol. The van der Waals surface area contributed by atoms with Crippen LogP contribution in [0.4, 0.5) is 0 Å². The number of aliphatic imine (C=N–C) groups is 1. The lowest BCUT2D eigenvalue weighted by atomic mass is 10.2. The van der Waals surface area contributed by atoms with Gasteiger partial charge in [-0.25, -0.2) is 8.42 Å². The Balaban J connectivity index is 0.00000441. The van der Waals surface area contributed by atoms with E-state index in [-0.39, 0.29) is 35.8 Å². The monoisotopic (exact) mass is 443 g/mol. The third-order valence-corrected chi connectivity index (χ3v) is 4.46. The summed E-state index contributed by atoms with van der Waals surface area (Å²) in [5, 5.41) is 6.48. The molecule has 5 nitrogen and oxygen atoms in total. The molecule has 1 unspecified atom stereocenters. The Kier molecular flexibility index (Phi) is 11.1. The molecule has 0 aliphatic heterocycles. The van der Waals surface area contributed by atoms with Crippen molar-refractivity contribution in [1.82, 2.24) is 10.6 Å². The van der Waals surface area contributed by atoms with Gasteiger partial charge in [0.15, 0.2) is 5.96 Å². The van der Waals surface area contributed by atoms with Crippen LogP contribution >= 0.6 is 24.0 Å². The Morgan fingerprint density at radius 1 is 1.45 bits per heavy atom. The van der Waals surface area contributed by atoms with Crippen LogP contribution in [0.2, 0.25) is 0 Å². The number of nitrogens with zero attached hydrogens (tertiary/aromatic N) is 1. The van der Waals surface area contributed by atoms with Crippen LogP contribution in [0, 0.1) is 0 Å². The summed E-state index contributed by atoms with van der Waals surface area (Å²) in [6.07, 6.45) is 8.91. The van der Waals surface area contributed by atoms with Gasteiger partial charge in [-0.2, -0.15) is 0 Å². The van der Waals surface area contributed by atoms with Gasteiger partial charge in [0.1, 0.15) is 9.84 Å². The van der Waals surface area contributed by atoms with Crippen LogP contribution in [0.3, 0.4) is 0 Å². The second-order valence-electron chi connectivity index (χ2n) is 5.73. The zero-order valence-corrected chi connectivity index (χ0v) is 17.0. The molecular weight excluding hydrogens is 413 g/mol. The largest absolute Gasteiger partial charge is 0.357 e. The molecule has 0 aromatic carbocycles. The van der Waals surface area contributed by atoms with Crippen LogP contribution < -0.4 is 10.6 Å². The van der Waals surface area contributed by atoms with Crippen LogP contribution in [0.5, 0.6) is 0 Å². The summed E-state index contributed by atoms with van der Waals surface area (Å²) in [6, 6.07) is 0.0863. The molecule has 0 aromatic heterocycles. The zero-order chi connectivity index (χ0) is 15.7. The van der Waals surface area contributed by atoms with E-state index in [1.807, 2.05) is 13.8 Å². The minimum absolute atomic E-state index is 0.